The van der Waals surface area contributed by atoms with Crippen molar-refractivity contribution in [2.45, 2.75) is 4.90 Å². The third-order valence-corrected chi connectivity index (χ3v) is 6.73. The Bertz CT molecular complexity index is 1590. The summed E-state index contributed by atoms with van der Waals surface area (Å²) in [7, 11) is -2.77. The molecule has 4 rings (SSSR count). The first kappa shape index (κ1) is 26.3. The fraction of sp³-hybridized carbons (Fsp3) is 0.0370. The van der Waals surface area contributed by atoms with Gasteiger partial charge in [-0.25, -0.2) is 17.2 Å². The lowest BCUT2D eigenvalue weighted by Gasteiger charge is -2.13. The number of para-hydroxylation sites is 1. The minimum absolute atomic E-state index is 0.0139. The Balaban J connectivity index is 1.45. The van der Waals surface area contributed by atoms with Crippen LogP contribution in [0.4, 0.5) is 25.8 Å². The van der Waals surface area contributed by atoms with Crippen molar-refractivity contribution in [1.82, 2.24) is 0 Å². The lowest BCUT2D eigenvalue weighted by molar-refractivity contribution is 0.102. The number of carbonyl (C=O) groups excluding carboxylic acids is 2. The average molecular weight is 538 g/mol. The van der Waals surface area contributed by atoms with E-state index in [0.717, 1.165) is 6.07 Å². The fourth-order valence-corrected chi connectivity index (χ4v) is 4.49. The minimum atomic E-state index is -4.31. The third-order valence-electron chi connectivity index (χ3n) is 5.37. The maximum atomic E-state index is 13.6. The van der Waals surface area contributed by atoms with Gasteiger partial charge in [0.1, 0.15) is 5.75 Å². The summed E-state index contributed by atoms with van der Waals surface area (Å²) >= 11 is 0. The van der Waals surface area contributed by atoms with Gasteiger partial charge in [-0.1, -0.05) is 12.1 Å². The summed E-state index contributed by atoms with van der Waals surface area (Å²) in [5, 5.41) is 5.39. The van der Waals surface area contributed by atoms with Gasteiger partial charge in [0.05, 0.1) is 23.3 Å². The normalized spacial score (nSPS) is 10.9. The number of sulfonamides is 1. The van der Waals surface area contributed by atoms with E-state index < -0.39 is 32.5 Å². The highest BCUT2D eigenvalue weighted by Crippen LogP contribution is 2.23. The summed E-state index contributed by atoms with van der Waals surface area (Å²) in [6, 6.07) is 20.9. The summed E-state index contributed by atoms with van der Waals surface area (Å²) in [6.07, 6.45) is 0. The molecule has 0 fully saturated rings. The quantitative estimate of drug-likeness (QED) is 0.283. The van der Waals surface area contributed by atoms with E-state index in [1.165, 1.54) is 48.5 Å². The molecule has 0 aliphatic carbocycles. The van der Waals surface area contributed by atoms with E-state index in [0.29, 0.717) is 34.8 Å². The number of amides is 2. The molecule has 0 aromatic heterocycles. The molecular weight excluding hydrogens is 516 g/mol. The van der Waals surface area contributed by atoms with E-state index in [-0.39, 0.29) is 17.2 Å². The van der Waals surface area contributed by atoms with E-state index in [1.54, 1.807) is 31.4 Å². The molecule has 0 unspecified atom stereocenters. The van der Waals surface area contributed by atoms with Crippen LogP contribution < -0.4 is 20.1 Å². The molecule has 4 aromatic carbocycles. The van der Waals surface area contributed by atoms with Crippen molar-refractivity contribution in [3.05, 3.63) is 114 Å². The molecule has 11 heteroatoms. The van der Waals surface area contributed by atoms with Crippen molar-refractivity contribution >= 4 is 38.9 Å². The zero-order valence-corrected chi connectivity index (χ0v) is 20.7. The van der Waals surface area contributed by atoms with Gasteiger partial charge in [-0.05, 0) is 78.9 Å². The first-order valence-corrected chi connectivity index (χ1v) is 12.6. The van der Waals surface area contributed by atoms with Crippen LogP contribution >= 0.6 is 0 Å². The molecule has 0 atom stereocenters. The minimum Gasteiger partial charge on any atom is -0.497 e. The summed E-state index contributed by atoms with van der Waals surface area (Å²) in [6.45, 7) is 0. The van der Waals surface area contributed by atoms with Crippen LogP contribution in [-0.2, 0) is 10.0 Å². The molecule has 0 saturated heterocycles. The van der Waals surface area contributed by atoms with Gasteiger partial charge in [0.2, 0.25) is 0 Å². The summed E-state index contributed by atoms with van der Waals surface area (Å²) < 4.78 is 59.5. The Labute approximate surface area is 217 Å². The SMILES string of the molecule is COc1ccc(NC(=O)c2ccc(NC(=O)c3ccccc3NS(=O)(=O)c3ccc(F)c(F)c3)cc2)cc1. The molecule has 38 heavy (non-hydrogen) atoms. The van der Waals surface area contributed by atoms with Crippen LogP contribution in [0, 0.1) is 11.6 Å². The van der Waals surface area contributed by atoms with Gasteiger partial charge >= 0.3 is 0 Å². The van der Waals surface area contributed by atoms with Crippen molar-refractivity contribution in [2.24, 2.45) is 0 Å². The van der Waals surface area contributed by atoms with Crippen LogP contribution in [0.5, 0.6) is 5.75 Å². The van der Waals surface area contributed by atoms with Crippen LogP contribution in [0.2, 0.25) is 0 Å². The number of ether oxygens (including phenoxy) is 1. The number of halogens is 2. The highest BCUT2D eigenvalue weighted by molar-refractivity contribution is 7.92. The maximum Gasteiger partial charge on any atom is 0.262 e. The second kappa shape index (κ2) is 11.1. The lowest BCUT2D eigenvalue weighted by atomic mass is 10.1. The Kier molecular flexibility index (Phi) is 7.68. The predicted molar refractivity (Wildman–Crippen MR) is 139 cm³/mol. The van der Waals surface area contributed by atoms with Crippen molar-refractivity contribution in [3.8, 4) is 5.75 Å². The average Bonchev–Trinajstić information content (AvgIpc) is 2.91. The molecular formula is C27H21F2N3O5S. The maximum absolute atomic E-state index is 13.6. The predicted octanol–water partition coefficient (Wildman–Crippen LogP) is 5.28. The van der Waals surface area contributed by atoms with E-state index in [9.17, 15) is 26.8 Å². The summed E-state index contributed by atoms with van der Waals surface area (Å²) in [5.41, 5.74) is 1.20. The van der Waals surface area contributed by atoms with Crippen LogP contribution in [0.15, 0.2) is 95.9 Å². The number of hydrogen-bond donors (Lipinski definition) is 3. The lowest BCUT2D eigenvalue weighted by Crippen LogP contribution is -2.19. The van der Waals surface area contributed by atoms with E-state index in [4.69, 9.17) is 4.74 Å². The molecule has 0 aliphatic heterocycles. The first-order valence-electron chi connectivity index (χ1n) is 11.1. The van der Waals surface area contributed by atoms with Crippen molar-refractivity contribution in [3.63, 3.8) is 0 Å². The molecule has 3 N–H and O–H groups in total. The van der Waals surface area contributed by atoms with Crippen LogP contribution in [-0.4, -0.2) is 27.3 Å². The van der Waals surface area contributed by atoms with Gasteiger partial charge in [-0.3, -0.25) is 14.3 Å². The molecule has 0 radical (unpaired) electrons. The van der Waals surface area contributed by atoms with Crippen molar-refractivity contribution in [1.29, 1.82) is 0 Å². The van der Waals surface area contributed by atoms with Crippen LogP contribution in [0.1, 0.15) is 20.7 Å². The number of benzene rings is 4. The van der Waals surface area contributed by atoms with Gasteiger partial charge in [0.25, 0.3) is 21.8 Å². The standard InChI is InChI=1S/C27H21F2N3O5S/c1-37-20-12-10-19(11-13-20)30-26(33)17-6-8-18(9-7-17)31-27(34)22-4-2-3-5-25(22)32-38(35,36)21-14-15-23(28)24(29)16-21/h2-16,32H,1H3,(H,30,33)(H,31,34). The Hall–Kier alpha value is -4.77. The zero-order chi connectivity index (χ0) is 27.3. The van der Waals surface area contributed by atoms with Gasteiger partial charge in [-0.2, -0.15) is 0 Å². The van der Waals surface area contributed by atoms with Gasteiger partial charge < -0.3 is 15.4 Å². The van der Waals surface area contributed by atoms with Crippen LogP contribution in [0.3, 0.4) is 0 Å². The number of anilines is 3. The molecule has 0 spiro atoms. The Morgan fingerprint density at radius 1 is 0.737 bits per heavy atom. The van der Waals surface area contributed by atoms with Crippen molar-refractivity contribution < 1.29 is 31.5 Å². The van der Waals surface area contributed by atoms with Crippen molar-refractivity contribution in [2.75, 3.05) is 22.5 Å². The summed E-state index contributed by atoms with van der Waals surface area (Å²) in [5.74, 6) is -2.84. The fourth-order valence-electron chi connectivity index (χ4n) is 3.40. The number of carbonyl (C=O) groups is 2. The van der Waals surface area contributed by atoms with Crippen LogP contribution in [0.25, 0.3) is 0 Å². The molecule has 0 saturated carbocycles. The molecule has 0 bridgehead atoms. The molecule has 2 amide bonds. The van der Waals surface area contributed by atoms with E-state index in [2.05, 4.69) is 15.4 Å². The highest BCUT2D eigenvalue weighted by atomic mass is 32.2. The number of hydrogen-bond acceptors (Lipinski definition) is 5. The van der Waals surface area contributed by atoms with Gasteiger partial charge in [0.15, 0.2) is 11.6 Å². The topological polar surface area (TPSA) is 114 Å². The third kappa shape index (κ3) is 6.13. The number of nitrogens with one attached hydrogen (secondary N) is 3. The Morgan fingerprint density at radius 2 is 1.34 bits per heavy atom. The Morgan fingerprint density at radius 3 is 1.97 bits per heavy atom. The molecule has 0 heterocycles. The largest absolute Gasteiger partial charge is 0.497 e. The molecule has 8 nitrogen and oxygen atoms in total. The smallest absolute Gasteiger partial charge is 0.262 e. The van der Waals surface area contributed by atoms with E-state index in [1.807, 2.05) is 0 Å². The monoisotopic (exact) mass is 537 g/mol. The molecule has 194 valence electrons. The molecule has 4 aromatic rings. The number of methoxy groups -OCH3 is 1. The van der Waals surface area contributed by atoms with Gasteiger partial charge in [-0.15, -0.1) is 0 Å². The second-order valence-corrected chi connectivity index (χ2v) is 9.62. The molecule has 0 aliphatic rings. The van der Waals surface area contributed by atoms with E-state index >= 15 is 0 Å². The first-order chi connectivity index (χ1) is 18.2. The zero-order valence-electron chi connectivity index (χ0n) is 19.9. The summed E-state index contributed by atoms with van der Waals surface area (Å²) in [4.78, 5) is 24.9. The second-order valence-electron chi connectivity index (χ2n) is 7.94. The highest BCUT2D eigenvalue weighted by Gasteiger charge is 2.20. The van der Waals surface area contributed by atoms with Gasteiger partial charge in [0, 0.05) is 16.9 Å². The number of rotatable bonds is 8.